The zero-order valence-electron chi connectivity index (χ0n) is 15.1. The molecule has 1 aliphatic heterocycles. The third-order valence-corrected chi connectivity index (χ3v) is 5.20. The summed E-state index contributed by atoms with van der Waals surface area (Å²) in [6.45, 7) is 7.34. The van der Waals surface area contributed by atoms with Crippen molar-refractivity contribution in [2.75, 3.05) is 13.7 Å². The highest BCUT2D eigenvalue weighted by atomic mass is 16.6. The van der Waals surface area contributed by atoms with E-state index in [0.717, 1.165) is 22.3 Å². The van der Waals surface area contributed by atoms with Gasteiger partial charge in [0.1, 0.15) is 22.9 Å². The van der Waals surface area contributed by atoms with E-state index in [-0.39, 0.29) is 17.1 Å². The van der Waals surface area contributed by atoms with Gasteiger partial charge in [-0.15, -0.1) is 5.10 Å². The van der Waals surface area contributed by atoms with Gasteiger partial charge in [-0.25, -0.2) is 4.68 Å². The minimum Gasteiger partial charge on any atom is -0.497 e. The first-order chi connectivity index (χ1) is 12.0. The van der Waals surface area contributed by atoms with Gasteiger partial charge >= 0.3 is 0 Å². The predicted molar refractivity (Wildman–Crippen MR) is 96.8 cm³/mol. The summed E-state index contributed by atoms with van der Waals surface area (Å²) in [5, 5.41) is 8.85. The lowest BCUT2D eigenvalue weighted by Crippen LogP contribution is -2.40. The Labute approximate surface area is 147 Å². The molecule has 1 fully saturated rings. The van der Waals surface area contributed by atoms with Crippen molar-refractivity contribution in [1.29, 1.82) is 0 Å². The summed E-state index contributed by atoms with van der Waals surface area (Å²) < 4.78 is 13.5. The highest BCUT2D eigenvalue weighted by Gasteiger charge is 2.61. The molecule has 0 aliphatic carbocycles. The number of aromatic nitrogens is 3. The molecular weight excluding hydrogens is 314 g/mol. The molecule has 130 valence electrons. The molecule has 2 aromatic carbocycles. The van der Waals surface area contributed by atoms with Crippen molar-refractivity contribution in [3.05, 3.63) is 54.1 Å². The molecule has 4 rings (SSSR count). The number of hydrogen-bond acceptors (Lipinski definition) is 4. The minimum absolute atomic E-state index is 0.0478. The molecule has 1 saturated heterocycles. The van der Waals surface area contributed by atoms with Gasteiger partial charge in [0.2, 0.25) is 0 Å². The smallest absolute Gasteiger partial charge is 0.123 e. The van der Waals surface area contributed by atoms with Gasteiger partial charge in [0, 0.05) is 0 Å². The Kier molecular flexibility index (Phi) is 3.58. The van der Waals surface area contributed by atoms with Gasteiger partial charge < -0.3 is 9.47 Å². The van der Waals surface area contributed by atoms with E-state index in [4.69, 9.17) is 9.47 Å². The standard InChI is InChI=1S/C20H23N3O2/c1-19(2,3)20(13-25-20)18(14-8-7-9-15(12-14)24-4)23-17-11-6-5-10-16(17)21-22-23/h5-12,18H,13H2,1-4H3/t18-,20-/m0/s1. The van der Waals surface area contributed by atoms with Gasteiger partial charge in [-0.2, -0.15) is 0 Å². The maximum Gasteiger partial charge on any atom is 0.123 e. The van der Waals surface area contributed by atoms with Crippen LogP contribution in [0.5, 0.6) is 5.75 Å². The van der Waals surface area contributed by atoms with E-state index in [0.29, 0.717) is 6.61 Å². The second kappa shape index (κ2) is 5.56. The molecule has 0 spiro atoms. The molecular formula is C20H23N3O2. The fourth-order valence-electron chi connectivity index (χ4n) is 3.58. The van der Waals surface area contributed by atoms with Crippen LogP contribution in [0.15, 0.2) is 48.5 Å². The summed E-state index contributed by atoms with van der Waals surface area (Å²) >= 11 is 0. The van der Waals surface area contributed by atoms with Gasteiger partial charge in [0.05, 0.1) is 19.2 Å². The molecule has 5 nitrogen and oxygen atoms in total. The molecule has 2 atom stereocenters. The fraction of sp³-hybridized carbons (Fsp3) is 0.400. The first-order valence-corrected chi connectivity index (χ1v) is 8.54. The summed E-state index contributed by atoms with van der Waals surface area (Å²) in [5.41, 5.74) is 2.64. The zero-order chi connectivity index (χ0) is 17.7. The lowest BCUT2D eigenvalue weighted by atomic mass is 9.74. The average Bonchev–Trinajstić information content (AvgIpc) is 3.31. The van der Waals surface area contributed by atoms with Crippen LogP contribution in [-0.4, -0.2) is 34.3 Å². The Hall–Kier alpha value is -2.40. The van der Waals surface area contributed by atoms with Crippen LogP contribution >= 0.6 is 0 Å². The normalized spacial score (nSPS) is 21.3. The lowest BCUT2D eigenvalue weighted by molar-refractivity contribution is 0.108. The van der Waals surface area contributed by atoms with Crippen molar-refractivity contribution in [3.8, 4) is 5.75 Å². The maximum absolute atomic E-state index is 6.09. The third kappa shape index (κ3) is 2.50. The molecule has 0 saturated carbocycles. The third-order valence-electron chi connectivity index (χ3n) is 5.20. The molecule has 25 heavy (non-hydrogen) atoms. The van der Waals surface area contributed by atoms with E-state index in [2.05, 4.69) is 49.3 Å². The molecule has 0 unspecified atom stereocenters. The molecule has 3 aromatic rings. The average molecular weight is 337 g/mol. The van der Waals surface area contributed by atoms with Gasteiger partial charge in [-0.05, 0) is 35.2 Å². The van der Waals surface area contributed by atoms with E-state index in [1.54, 1.807) is 7.11 Å². The minimum atomic E-state index is -0.324. The molecule has 0 bridgehead atoms. The molecule has 0 radical (unpaired) electrons. The Morgan fingerprint density at radius 1 is 1.16 bits per heavy atom. The van der Waals surface area contributed by atoms with E-state index in [1.165, 1.54) is 0 Å². The number of hydrogen-bond donors (Lipinski definition) is 0. The van der Waals surface area contributed by atoms with E-state index in [9.17, 15) is 0 Å². The second-order valence-electron chi connectivity index (χ2n) is 7.63. The Morgan fingerprint density at radius 3 is 2.60 bits per heavy atom. The number of benzene rings is 2. The largest absolute Gasteiger partial charge is 0.497 e. The number of para-hydroxylation sites is 1. The van der Waals surface area contributed by atoms with Crippen LogP contribution in [0.4, 0.5) is 0 Å². The first-order valence-electron chi connectivity index (χ1n) is 8.54. The maximum atomic E-state index is 6.09. The van der Waals surface area contributed by atoms with Crippen molar-refractivity contribution >= 4 is 11.0 Å². The van der Waals surface area contributed by atoms with Gasteiger partial charge in [-0.1, -0.05) is 50.3 Å². The summed E-state index contributed by atoms with van der Waals surface area (Å²) in [4.78, 5) is 0. The monoisotopic (exact) mass is 337 g/mol. The molecule has 2 heterocycles. The Bertz CT molecular complexity index is 906. The number of epoxide rings is 1. The quantitative estimate of drug-likeness (QED) is 0.679. The first kappa shape index (κ1) is 16.1. The van der Waals surface area contributed by atoms with Crippen molar-refractivity contribution < 1.29 is 9.47 Å². The number of methoxy groups -OCH3 is 1. The topological polar surface area (TPSA) is 52.5 Å². The van der Waals surface area contributed by atoms with Crippen LogP contribution in [0.25, 0.3) is 11.0 Å². The van der Waals surface area contributed by atoms with Crippen LogP contribution in [0.3, 0.4) is 0 Å². The van der Waals surface area contributed by atoms with Crippen LogP contribution in [-0.2, 0) is 4.74 Å². The van der Waals surface area contributed by atoms with Crippen LogP contribution in [0.2, 0.25) is 0 Å². The lowest BCUT2D eigenvalue weighted by Gasteiger charge is -2.35. The SMILES string of the molecule is COc1cccc([C@H](n2nnc3ccccc32)[C@]2(C(C)(C)C)CO2)c1. The van der Waals surface area contributed by atoms with E-state index >= 15 is 0 Å². The number of rotatable bonds is 4. The van der Waals surface area contributed by atoms with Crippen molar-refractivity contribution in [2.24, 2.45) is 5.41 Å². The number of ether oxygens (including phenoxy) is 2. The molecule has 5 heteroatoms. The summed E-state index contributed by atoms with van der Waals surface area (Å²) in [7, 11) is 1.69. The second-order valence-corrected chi connectivity index (χ2v) is 7.63. The zero-order valence-corrected chi connectivity index (χ0v) is 15.1. The fourth-order valence-corrected chi connectivity index (χ4v) is 3.58. The highest BCUT2D eigenvalue weighted by molar-refractivity contribution is 5.74. The highest BCUT2D eigenvalue weighted by Crippen LogP contribution is 2.54. The molecule has 1 aromatic heterocycles. The summed E-state index contributed by atoms with van der Waals surface area (Å²) in [6.07, 6.45) is 0. The summed E-state index contributed by atoms with van der Waals surface area (Å²) in [5.74, 6) is 0.830. The molecule has 0 amide bonds. The van der Waals surface area contributed by atoms with Crippen molar-refractivity contribution in [1.82, 2.24) is 15.0 Å². The van der Waals surface area contributed by atoms with Gasteiger partial charge in [-0.3, -0.25) is 0 Å². The number of fused-ring (bicyclic) bond motifs is 1. The van der Waals surface area contributed by atoms with Gasteiger partial charge in [0.15, 0.2) is 0 Å². The van der Waals surface area contributed by atoms with Gasteiger partial charge in [0.25, 0.3) is 0 Å². The van der Waals surface area contributed by atoms with E-state index in [1.807, 2.05) is 35.0 Å². The van der Waals surface area contributed by atoms with E-state index < -0.39 is 0 Å². The molecule has 0 N–H and O–H groups in total. The van der Waals surface area contributed by atoms with Crippen molar-refractivity contribution in [3.63, 3.8) is 0 Å². The molecule has 1 aliphatic rings. The van der Waals surface area contributed by atoms with Crippen LogP contribution in [0.1, 0.15) is 32.4 Å². The predicted octanol–water partition coefficient (Wildman–Crippen LogP) is 3.84. The van der Waals surface area contributed by atoms with Crippen LogP contribution in [0, 0.1) is 5.41 Å². The van der Waals surface area contributed by atoms with Crippen molar-refractivity contribution in [2.45, 2.75) is 32.4 Å². The van der Waals surface area contributed by atoms with Crippen LogP contribution < -0.4 is 4.74 Å². The Balaban J connectivity index is 1.93. The summed E-state index contributed by atoms with van der Waals surface area (Å²) in [6, 6.07) is 16.1. The Morgan fingerprint density at radius 2 is 1.92 bits per heavy atom. The number of nitrogens with zero attached hydrogens (tertiary/aromatic N) is 3.